The number of hydrogen-bond acceptors (Lipinski definition) is 4. The molecule has 0 radical (unpaired) electrons. The smallest absolute Gasteiger partial charge is 0.325 e. The molecule has 23 heavy (non-hydrogen) atoms. The monoisotopic (exact) mass is 322 g/mol. The maximum absolute atomic E-state index is 12.5. The second kappa shape index (κ2) is 8.72. The highest BCUT2D eigenvalue weighted by molar-refractivity contribution is 5.90. The number of aromatic nitrogens is 1. The van der Waals surface area contributed by atoms with Crippen LogP contribution in [0.25, 0.3) is 0 Å². The van der Waals surface area contributed by atoms with Crippen LogP contribution in [0.3, 0.4) is 0 Å². The van der Waals surface area contributed by atoms with Crippen molar-refractivity contribution in [1.29, 1.82) is 0 Å². The highest BCUT2D eigenvalue weighted by Crippen LogP contribution is 2.19. The van der Waals surface area contributed by atoms with Crippen LogP contribution in [0.2, 0.25) is 0 Å². The molecule has 0 unspecified atom stereocenters. The van der Waals surface area contributed by atoms with Crippen LogP contribution in [0.4, 0.5) is 10.6 Å². The molecule has 1 heterocycles. The summed E-state index contributed by atoms with van der Waals surface area (Å²) in [5, 5.41) is 0. The summed E-state index contributed by atoms with van der Waals surface area (Å²) in [7, 11) is 5.10. The van der Waals surface area contributed by atoms with Gasteiger partial charge in [0.15, 0.2) is 0 Å². The van der Waals surface area contributed by atoms with Crippen LogP contribution in [0, 0.1) is 0 Å². The zero-order chi connectivity index (χ0) is 17.6. The normalized spacial score (nSPS) is 11.2. The number of urea groups is 1. The molecular weight excluding hydrogens is 292 g/mol. The van der Waals surface area contributed by atoms with Gasteiger partial charge in [0.1, 0.15) is 11.6 Å². The lowest BCUT2D eigenvalue weighted by Gasteiger charge is -2.33. The lowest BCUT2D eigenvalue weighted by Crippen LogP contribution is -2.47. The topological polar surface area (TPSA) is 48.9 Å². The summed E-state index contributed by atoms with van der Waals surface area (Å²) in [4.78, 5) is 22.5. The highest BCUT2D eigenvalue weighted by atomic mass is 16.5. The van der Waals surface area contributed by atoms with Crippen molar-refractivity contribution in [2.24, 2.45) is 0 Å². The standard InChI is InChI=1S/C17H30N4O2/c1-13(2)20(14(3)4)10-11-21(17(22)19(5)6)16-12-15(23-7)8-9-18-16/h8-9,12-14H,10-11H2,1-7H3. The van der Waals surface area contributed by atoms with E-state index in [0.29, 0.717) is 30.2 Å². The van der Waals surface area contributed by atoms with Gasteiger partial charge in [-0.1, -0.05) is 0 Å². The van der Waals surface area contributed by atoms with E-state index in [9.17, 15) is 4.79 Å². The zero-order valence-electron chi connectivity index (χ0n) is 15.4. The van der Waals surface area contributed by atoms with Gasteiger partial charge >= 0.3 is 6.03 Å². The quantitative estimate of drug-likeness (QED) is 0.774. The van der Waals surface area contributed by atoms with Gasteiger partial charge in [0, 0.05) is 51.5 Å². The largest absolute Gasteiger partial charge is 0.497 e. The molecule has 1 aromatic heterocycles. The Morgan fingerprint density at radius 2 is 1.78 bits per heavy atom. The van der Waals surface area contributed by atoms with Crippen molar-refractivity contribution < 1.29 is 9.53 Å². The Balaban J connectivity index is 2.99. The average Bonchev–Trinajstić information content (AvgIpc) is 2.50. The van der Waals surface area contributed by atoms with Crippen molar-refractivity contribution in [3.63, 3.8) is 0 Å². The van der Waals surface area contributed by atoms with Crippen LogP contribution >= 0.6 is 0 Å². The molecule has 0 aliphatic rings. The van der Waals surface area contributed by atoms with Crippen molar-refractivity contribution in [3.8, 4) is 5.75 Å². The van der Waals surface area contributed by atoms with E-state index >= 15 is 0 Å². The van der Waals surface area contributed by atoms with Crippen LogP contribution in [-0.4, -0.2) is 67.2 Å². The molecule has 0 N–H and O–H groups in total. The molecule has 0 bridgehead atoms. The van der Waals surface area contributed by atoms with Crippen LogP contribution in [-0.2, 0) is 0 Å². The molecule has 1 rings (SSSR count). The number of nitrogens with zero attached hydrogens (tertiary/aromatic N) is 4. The van der Waals surface area contributed by atoms with Crippen LogP contribution < -0.4 is 9.64 Å². The fraction of sp³-hybridized carbons (Fsp3) is 0.647. The SMILES string of the molecule is COc1ccnc(N(CCN(C(C)C)C(C)C)C(=O)N(C)C)c1. The summed E-state index contributed by atoms with van der Waals surface area (Å²) in [6.45, 7) is 10.0. The summed E-state index contributed by atoms with van der Waals surface area (Å²) < 4.78 is 5.25. The molecule has 1 aromatic rings. The van der Waals surface area contributed by atoms with Crippen molar-refractivity contribution in [1.82, 2.24) is 14.8 Å². The third kappa shape index (κ3) is 5.39. The Bertz CT molecular complexity index is 495. The maximum Gasteiger partial charge on any atom is 0.325 e. The lowest BCUT2D eigenvalue weighted by molar-refractivity contribution is 0.177. The second-order valence-electron chi connectivity index (χ2n) is 6.31. The Hall–Kier alpha value is -1.82. The minimum absolute atomic E-state index is 0.0850. The zero-order valence-corrected chi connectivity index (χ0v) is 15.4. The summed E-state index contributed by atoms with van der Waals surface area (Å²) >= 11 is 0. The number of amides is 2. The first kappa shape index (κ1) is 19.2. The van der Waals surface area contributed by atoms with Gasteiger partial charge in [0.25, 0.3) is 0 Å². The number of carbonyl (C=O) groups excluding carboxylic acids is 1. The van der Waals surface area contributed by atoms with Crippen molar-refractivity contribution >= 4 is 11.8 Å². The molecular formula is C17H30N4O2. The second-order valence-corrected chi connectivity index (χ2v) is 6.31. The van der Waals surface area contributed by atoms with Gasteiger partial charge in [0.05, 0.1) is 7.11 Å². The van der Waals surface area contributed by atoms with Gasteiger partial charge in [-0.3, -0.25) is 9.80 Å². The van der Waals surface area contributed by atoms with Gasteiger partial charge in [-0.15, -0.1) is 0 Å². The summed E-state index contributed by atoms with van der Waals surface area (Å²) in [6, 6.07) is 4.32. The van der Waals surface area contributed by atoms with Crippen molar-refractivity contribution in [2.45, 2.75) is 39.8 Å². The fourth-order valence-corrected chi connectivity index (χ4v) is 2.55. The van der Waals surface area contributed by atoms with Crippen LogP contribution in [0.1, 0.15) is 27.7 Å². The molecule has 6 nitrogen and oxygen atoms in total. The molecule has 0 atom stereocenters. The van der Waals surface area contributed by atoms with Gasteiger partial charge in [-0.05, 0) is 33.8 Å². The van der Waals surface area contributed by atoms with E-state index in [1.54, 1.807) is 49.3 Å². The third-order valence-corrected chi connectivity index (χ3v) is 3.75. The van der Waals surface area contributed by atoms with Gasteiger partial charge in [-0.2, -0.15) is 0 Å². The molecule has 0 aromatic carbocycles. The number of anilines is 1. The predicted octanol–water partition coefficient (Wildman–Crippen LogP) is 2.70. The van der Waals surface area contributed by atoms with E-state index in [2.05, 4.69) is 37.6 Å². The van der Waals surface area contributed by atoms with E-state index in [1.807, 2.05) is 0 Å². The van der Waals surface area contributed by atoms with E-state index in [1.165, 1.54) is 0 Å². The fourth-order valence-electron chi connectivity index (χ4n) is 2.55. The maximum atomic E-state index is 12.5. The van der Waals surface area contributed by atoms with Crippen molar-refractivity contribution in [2.75, 3.05) is 39.2 Å². The number of pyridine rings is 1. The average molecular weight is 322 g/mol. The first-order valence-corrected chi connectivity index (χ1v) is 8.02. The van der Waals surface area contributed by atoms with E-state index in [-0.39, 0.29) is 6.03 Å². The number of rotatable bonds is 7. The third-order valence-electron chi connectivity index (χ3n) is 3.75. The summed E-state index contributed by atoms with van der Waals surface area (Å²) in [6.07, 6.45) is 1.66. The van der Waals surface area contributed by atoms with Gasteiger partial charge < -0.3 is 9.64 Å². The number of methoxy groups -OCH3 is 1. The van der Waals surface area contributed by atoms with Crippen LogP contribution in [0.5, 0.6) is 5.75 Å². The lowest BCUT2D eigenvalue weighted by atomic mass is 10.2. The number of carbonyl (C=O) groups is 1. The molecule has 130 valence electrons. The van der Waals surface area contributed by atoms with E-state index in [0.717, 1.165) is 6.54 Å². The molecule has 0 aliphatic carbocycles. The highest BCUT2D eigenvalue weighted by Gasteiger charge is 2.22. The molecule has 0 spiro atoms. The minimum atomic E-state index is -0.0850. The molecule has 0 saturated heterocycles. The van der Waals surface area contributed by atoms with Gasteiger partial charge in [-0.25, -0.2) is 9.78 Å². The summed E-state index contributed by atoms with van der Waals surface area (Å²) in [5.41, 5.74) is 0. The Labute approximate surface area is 140 Å². The Morgan fingerprint density at radius 1 is 1.17 bits per heavy atom. The molecule has 6 heteroatoms. The molecule has 0 aliphatic heterocycles. The first-order chi connectivity index (χ1) is 10.8. The van der Waals surface area contributed by atoms with Crippen molar-refractivity contribution in [3.05, 3.63) is 18.3 Å². The first-order valence-electron chi connectivity index (χ1n) is 8.02. The van der Waals surface area contributed by atoms with E-state index < -0.39 is 0 Å². The molecule has 0 saturated carbocycles. The van der Waals surface area contributed by atoms with Crippen LogP contribution in [0.15, 0.2) is 18.3 Å². The summed E-state index contributed by atoms with van der Waals surface area (Å²) in [5.74, 6) is 1.30. The number of hydrogen-bond donors (Lipinski definition) is 0. The minimum Gasteiger partial charge on any atom is -0.497 e. The predicted molar refractivity (Wildman–Crippen MR) is 94.2 cm³/mol. The van der Waals surface area contributed by atoms with E-state index in [4.69, 9.17) is 4.74 Å². The Kier molecular flexibility index (Phi) is 7.29. The molecule has 2 amide bonds. The molecule has 0 fully saturated rings. The van der Waals surface area contributed by atoms with Gasteiger partial charge in [0.2, 0.25) is 0 Å². The Morgan fingerprint density at radius 3 is 2.26 bits per heavy atom. The number of ether oxygens (including phenoxy) is 1.